The van der Waals surface area contributed by atoms with E-state index in [1.165, 1.54) is 5.69 Å². The second-order valence-electron chi connectivity index (χ2n) is 5.36. The van der Waals surface area contributed by atoms with Crippen LogP contribution in [-0.2, 0) is 0 Å². The Labute approximate surface area is 103 Å². The predicted molar refractivity (Wildman–Crippen MR) is 71.1 cm³/mol. The van der Waals surface area contributed by atoms with Gasteiger partial charge in [-0.2, -0.15) is 0 Å². The molecule has 1 heterocycles. The van der Waals surface area contributed by atoms with Crippen molar-refractivity contribution in [3.8, 4) is 0 Å². The van der Waals surface area contributed by atoms with Crippen LogP contribution in [0.4, 0.5) is 5.69 Å². The van der Waals surface area contributed by atoms with E-state index in [1.807, 2.05) is 13.8 Å². The summed E-state index contributed by atoms with van der Waals surface area (Å²) < 4.78 is 0. The molecule has 1 aliphatic rings. The third kappa shape index (κ3) is 2.99. The fraction of sp³-hybridized carbons (Fsp3) is 0.571. The van der Waals surface area contributed by atoms with E-state index in [4.69, 9.17) is 5.73 Å². The van der Waals surface area contributed by atoms with Crippen LogP contribution in [-0.4, -0.2) is 23.8 Å². The summed E-state index contributed by atoms with van der Waals surface area (Å²) >= 11 is 0. The van der Waals surface area contributed by atoms with Gasteiger partial charge in [-0.3, -0.25) is 0 Å². The lowest BCUT2D eigenvalue weighted by Gasteiger charge is -2.37. The van der Waals surface area contributed by atoms with Gasteiger partial charge in [-0.25, -0.2) is 0 Å². The lowest BCUT2D eigenvalue weighted by molar-refractivity contribution is 0.0351. The summed E-state index contributed by atoms with van der Waals surface area (Å²) in [7, 11) is 0. The third-order valence-corrected chi connectivity index (χ3v) is 3.62. The minimum absolute atomic E-state index is 0.0890. The van der Waals surface area contributed by atoms with Crippen molar-refractivity contribution in [2.75, 3.05) is 18.0 Å². The summed E-state index contributed by atoms with van der Waals surface area (Å²) in [6.07, 6.45) is 1.67. The number of nitrogens with zero attached hydrogens (tertiary/aromatic N) is 1. The first-order valence-electron chi connectivity index (χ1n) is 6.31. The van der Waals surface area contributed by atoms with Crippen LogP contribution in [0.3, 0.4) is 0 Å². The van der Waals surface area contributed by atoms with Gasteiger partial charge in [-0.15, -0.1) is 0 Å². The summed E-state index contributed by atoms with van der Waals surface area (Å²) in [4.78, 5) is 2.32. The number of rotatable bonds is 2. The van der Waals surface area contributed by atoms with Gasteiger partial charge < -0.3 is 15.7 Å². The Balaban J connectivity index is 2.04. The summed E-state index contributed by atoms with van der Waals surface area (Å²) in [6.45, 7) is 5.76. The topological polar surface area (TPSA) is 49.5 Å². The molecule has 1 atom stereocenters. The van der Waals surface area contributed by atoms with Crippen LogP contribution < -0.4 is 10.6 Å². The molecule has 3 heteroatoms. The Bertz CT molecular complexity index is 360. The van der Waals surface area contributed by atoms with Crippen LogP contribution in [0.1, 0.15) is 38.3 Å². The van der Waals surface area contributed by atoms with E-state index in [0.717, 1.165) is 31.5 Å². The number of hydrogen-bond donors (Lipinski definition) is 2. The Hall–Kier alpha value is -1.06. The molecule has 0 spiro atoms. The normalized spacial score (nSPS) is 21.3. The van der Waals surface area contributed by atoms with Gasteiger partial charge >= 0.3 is 0 Å². The molecule has 0 radical (unpaired) electrons. The number of hydrogen-bond acceptors (Lipinski definition) is 3. The molecule has 1 aromatic rings. The monoisotopic (exact) mass is 234 g/mol. The smallest absolute Gasteiger partial charge is 0.0653 e. The van der Waals surface area contributed by atoms with Crippen molar-refractivity contribution in [2.24, 2.45) is 5.73 Å². The molecule has 1 saturated heterocycles. The fourth-order valence-electron chi connectivity index (χ4n) is 2.24. The Morgan fingerprint density at radius 3 is 2.24 bits per heavy atom. The quantitative estimate of drug-likeness (QED) is 0.823. The van der Waals surface area contributed by atoms with Gasteiger partial charge in [-0.1, -0.05) is 12.1 Å². The molecule has 17 heavy (non-hydrogen) atoms. The second-order valence-corrected chi connectivity index (χ2v) is 5.36. The molecule has 3 nitrogen and oxygen atoms in total. The Morgan fingerprint density at radius 1 is 1.24 bits per heavy atom. The first kappa shape index (κ1) is 12.4. The van der Waals surface area contributed by atoms with Gasteiger partial charge in [0.25, 0.3) is 0 Å². The zero-order valence-corrected chi connectivity index (χ0v) is 10.7. The van der Waals surface area contributed by atoms with Crippen molar-refractivity contribution in [3.63, 3.8) is 0 Å². The highest BCUT2D eigenvalue weighted by Gasteiger charge is 2.27. The molecule has 0 amide bonds. The maximum absolute atomic E-state index is 9.91. The zero-order chi connectivity index (χ0) is 12.5. The van der Waals surface area contributed by atoms with Crippen LogP contribution in [0, 0.1) is 0 Å². The molecule has 1 fully saturated rings. The minimum atomic E-state index is -0.484. The molecule has 0 unspecified atom stereocenters. The summed E-state index contributed by atoms with van der Waals surface area (Å²) in [5, 5.41) is 9.91. The first-order valence-corrected chi connectivity index (χ1v) is 6.31. The number of piperidine rings is 1. The van der Waals surface area contributed by atoms with Crippen molar-refractivity contribution in [2.45, 2.75) is 38.3 Å². The number of nitrogens with two attached hydrogens (primary N) is 1. The van der Waals surface area contributed by atoms with Crippen LogP contribution in [0.2, 0.25) is 0 Å². The van der Waals surface area contributed by atoms with Gasteiger partial charge in [-0.05, 0) is 44.4 Å². The zero-order valence-electron chi connectivity index (χ0n) is 10.7. The molecule has 1 aliphatic heterocycles. The average Bonchev–Trinajstić information content (AvgIpc) is 2.29. The molecule has 0 bridgehead atoms. The summed E-state index contributed by atoms with van der Waals surface area (Å²) in [5.41, 5.74) is 7.74. The predicted octanol–water partition coefficient (Wildman–Crippen LogP) is 2.06. The molecule has 3 N–H and O–H groups in total. The molecule has 0 saturated carbocycles. The van der Waals surface area contributed by atoms with Crippen molar-refractivity contribution in [3.05, 3.63) is 29.8 Å². The maximum atomic E-state index is 9.91. The lowest BCUT2D eigenvalue weighted by Crippen LogP contribution is -2.42. The molecule has 0 aromatic heterocycles. The standard InChI is InChI=1S/C14H22N2O/c1-11(15)12-3-5-13(6-4-12)16-9-7-14(2,17)8-10-16/h3-6,11,17H,7-10,15H2,1-2H3/t11-/m1/s1. The SMILES string of the molecule is C[C@@H](N)c1ccc(N2CCC(C)(O)CC2)cc1. The first-order chi connectivity index (χ1) is 7.98. The maximum Gasteiger partial charge on any atom is 0.0653 e. The van der Waals surface area contributed by atoms with Crippen molar-refractivity contribution < 1.29 is 5.11 Å². The molecule has 2 rings (SSSR count). The average molecular weight is 234 g/mol. The van der Waals surface area contributed by atoms with Gasteiger partial charge in [0.05, 0.1) is 5.60 Å². The summed E-state index contributed by atoms with van der Waals surface area (Å²) in [5.74, 6) is 0. The highest BCUT2D eigenvalue weighted by atomic mass is 16.3. The fourth-order valence-corrected chi connectivity index (χ4v) is 2.24. The van der Waals surface area contributed by atoms with Crippen LogP contribution in [0.25, 0.3) is 0 Å². The third-order valence-electron chi connectivity index (χ3n) is 3.62. The number of anilines is 1. The van der Waals surface area contributed by atoms with Crippen molar-refractivity contribution >= 4 is 5.69 Å². The van der Waals surface area contributed by atoms with E-state index >= 15 is 0 Å². The Kier molecular flexibility index (Phi) is 3.40. The van der Waals surface area contributed by atoms with Crippen LogP contribution in [0.15, 0.2) is 24.3 Å². The van der Waals surface area contributed by atoms with Gasteiger partial charge in [0.2, 0.25) is 0 Å². The summed E-state index contributed by atoms with van der Waals surface area (Å²) in [6, 6.07) is 8.52. The van der Waals surface area contributed by atoms with Crippen molar-refractivity contribution in [1.82, 2.24) is 0 Å². The highest BCUT2D eigenvalue weighted by Crippen LogP contribution is 2.26. The number of benzene rings is 1. The minimum Gasteiger partial charge on any atom is -0.390 e. The molecule has 0 aliphatic carbocycles. The Morgan fingerprint density at radius 2 is 1.76 bits per heavy atom. The highest BCUT2D eigenvalue weighted by molar-refractivity contribution is 5.48. The van der Waals surface area contributed by atoms with E-state index in [0.29, 0.717) is 0 Å². The van der Waals surface area contributed by atoms with Gasteiger partial charge in [0, 0.05) is 24.8 Å². The molecular weight excluding hydrogens is 212 g/mol. The second kappa shape index (κ2) is 4.67. The largest absolute Gasteiger partial charge is 0.390 e. The molecule has 1 aromatic carbocycles. The van der Waals surface area contributed by atoms with E-state index in [9.17, 15) is 5.11 Å². The van der Waals surface area contributed by atoms with E-state index in [1.54, 1.807) is 0 Å². The number of aliphatic hydroxyl groups is 1. The van der Waals surface area contributed by atoms with E-state index in [-0.39, 0.29) is 6.04 Å². The van der Waals surface area contributed by atoms with Gasteiger partial charge in [0.15, 0.2) is 0 Å². The van der Waals surface area contributed by atoms with Crippen molar-refractivity contribution in [1.29, 1.82) is 0 Å². The van der Waals surface area contributed by atoms with Crippen LogP contribution in [0.5, 0.6) is 0 Å². The van der Waals surface area contributed by atoms with E-state index in [2.05, 4.69) is 29.2 Å². The van der Waals surface area contributed by atoms with Crippen LogP contribution >= 0.6 is 0 Å². The molecular formula is C14H22N2O. The van der Waals surface area contributed by atoms with Gasteiger partial charge in [0.1, 0.15) is 0 Å². The molecule has 94 valence electrons. The lowest BCUT2D eigenvalue weighted by atomic mass is 9.93. The van der Waals surface area contributed by atoms with E-state index < -0.39 is 5.60 Å².